The monoisotopic (exact) mass is 479 g/mol. The second-order valence-corrected chi connectivity index (χ2v) is 8.45. The van der Waals surface area contributed by atoms with Crippen LogP contribution in [-0.2, 0) is 11.3 Å². The molecule has 0 spiro atoms. The molecule has 0 aliphatic carbocycles. The van der Waals surface area contributed by atoms with Gasteiger partial charge in [0.15, 0.2) is 0 Å². The molecule has 5 rings (SSSR count). The third kappa shape index (κ3) is 4.55. The maximum Gasteiger partial charge on any atom is 0.330 e. The molecule has 0 unspecified atom stereocenters. The van der Waals surface area contributed by atoms with Gasteiger partial charge in [0.05, 0.1) is 26.0 Å². The number of hydrogen-bond acceptors (Lipinski definition) is 8. The van der Waals surface area contributed by atoms with Crippen LogP contribution in [0.4, 0.5) is 0 Å². The highest BCUT2D eigenvalue weighted by atomic mass is 16.5. The summed E-state index contributed by atoms with van der Waals surface area (Å²) < 4.78 is 20.1. The summed E-state index contributed by atoms with van der Waals surface area (Å²) in [5.41, 5.74) is -0.00736. The summed E-state index contributed by atoms with van der Waals surface area (Å²) in [5, 5.41) is 20.3. The number of methoxy groups -OCH3 is 1. The lowest BCUT2D eigenvalue weighted by Crippen LogP contribution is -2.33. The van der Waals surface area contributed by atoms with Gasteiger partial charge in [-0.2, -0.15) is 0 Å². The summed E-state index contributed by atoms with van der Waals surface area (Å²) in [5.74, 6) is 1.46. The molecule has 2 aromatic carbocycles. The highest BCUT2D eigenvalue weighted by Gasteiger charge is 2.38. The number of aromatic nitrogens is 5. The lowest BCUT2D eigenvalue weighted by molar-refractivity contribution is -0.0323. The Balaban J connectivity index is 1.30. The lowest BCUT2D eigenvalue weighted by atomic mass is 10.1. The van der Waals surface area contributed by atoms with Gasteiger partial charge in [-0.3, -0.25) is 14.3 Å². The molecule has 0 radical (unpaired) electrons. The van der Waals surface area contributed by atoms with Crippen molar-refractivity contribution in [3.8, 4) is 11.5 Å². The van der Waals surface area contributed by atoms with Crippen LogP contribution in [0, 0.1) is 6.92 Å². The van der Waals surface area contributed by atoms with E-state index in [-0.39, 0.29) is 19.3 Å². The van der Waals surface area contributed by atoms with Crippen LogP contribution in [0.5, 0.6) is 11.5 Å². The molecule has 1 aliphatic heterocycles. The van der Waals surface area contributed by atoms with Gasteiger partial charge in [0.25, 0.3) is 5.56 Å². The van der Waals surface area contributed by atoms with Gasteiger partial charge in [-0.05, 0) is 42.0 Å². The zero-order valence-corrected chi connectivity index (χ0v) is 19.2. The van der Waals surface area contributed by atoms with Crippen molar-refractivity contribution in [2.24, 2.45) is 0 Å². The predicted molar refractivity (Wildman–Crippen MR) is 126 cm³/mol. The standard InChI is InChI=1S/C24H25N5O6/c1-14-10-28(24(32)25-23(14)31)22-9-20(21(12-30)35-22)29-11-17(26-27-29)13-34-19-6-4-15-3-5-18(33-2)7-16(15)8-19/h3-8,10-11,20-22,30H,9,12-13H2,1-2H3,(H,25,31,32)/t20-,21+,22+/m0/s1. The van der Waals surface area contributed by atoms with E-state index in [2.05, 4.69) is 15.3 Å². The number of rotatable bonds is 7. The Bertz CT molecular complexity index is 1480. The van der Waals surface area contributed by atoms with Crippen molar-refractivity contribution in [2.45, 2.75) is 38.3 Å². The zero-order valence-electron chi connectivity index (χ0n) is 19.2. The number of nitrogens with one attached hydrogen (secondary N) is 1. The SMILES string of the molecule is COc1ccc2ccc(OCc3cn([C@H]4C[C@H](n5cc(C)c(=O)[nH]c5=O)O[C@@H]4CO)nn3)cc2c1. The van der Waals surface area contributed by atoms with Crippen LogP contribution in [-0.4, -0.2) is 49.5 Å². The Hall–Kier alpha value is -3.96. The third-order valence-corrected chi connectivity index (χ3v) is 6.14. The van der Waals surface area contributed by atoms with Crippen molar-refractivity contribution >= 4 is 10.8 Å². The van der Waals surface area contributed by atoms with E-state index < -0.39 is 23.6 Å². The minimum atomic E-state index is -0.654. The number of aliphatic hydroxyl groups excluding tert-OH is 1. The van der Waals surface area contributed by atoms with E-state index in [1.54, 1.807) is 24.9 Å². The summed E-state index contributed by atoms with van der Waals surface area (Å²) in [7, 11) is 1.63. The first-order chi connectivity index (χ1) is 16.9. The zero-order chi connectivity index (χ0) is 24.5. The molecule has 2 N–H and O–H groups in total. The fourth-order valence-electron chi connectivity index (χ4n) is 4.25. The van der Waals surface area contributed by atoms with E-state index in [9.17, 15) is 14.7 Å². The molecule has 2 aromatic heterocycles. The minimum Gasteiger partial charge on any atom is -0.497 e. The van der Waals surface area contributed by atoms with E-state index in [0.29, 0.717) is 23.4 Å². The van der Waals surface area contributed by atoms with Gasteiger partial charge in [0.1, 0.15) is 36.1 Å². The number of benzene rings is 2. The van der Waals surface area contributed by atoms with Crippen molar-refractivity contribution in [3.05, 3.63) is 80.9 Å². The van der Waals surface area contributed by atoms with Gasteiger partial charge in [-0.15, -0.1) is 5.10 Å². The molecule has 3 atom stereocenters. The molecule has 182 valence electrons. The molecule has 3 heterocycles. The number of aromatic amines is 1. The average Bonchev–Trinajstić information content (AvgIpc) is 3.51. The lowest BCUT2D eigenvalue weighted by Gasteiger charge is -2.15. The Morgan fingerprint density at radius 1 is 1.14 bits per heavy atom. The summed E-state index contributed by atoms with van der Waals surface area (Å²) in [6.45, 7) is 1.56. The summed E-state index contributed by atoms with van der Waals surface area (Å²) in [4.78, 5) is 26.2. The maximum absolute atomic E-state index is 12.3. The molecule has 11 heteroatoms. The third-order valence-electron chi connectivity index (χ3n) is 6.14. The van der Waals surface area contributed by atoms with E-state index in [4.69, 9.17) is 14.2 Å². The van der Waals surface area contributed by atoms with Crippen molar-refractivity contribution in [3.63, 3.8) is 0 Å². The summed E-state index contributed by atoms with van der Waals surface area (Å²) in [6, 6.07) is 11.3. The Morgan fingerprint density at radius 3 is 2.69 bits per heavy atom. The van der Waals surface area contributed by atoms with Gasteiger partial charge >= 0.3 is 5.69 Å². The van der Waals surface area contributed by atoms with Gasteiger partial charge in [-0.25, -0.2) is 9.48 Å². The molecule has 4 aromatic rings. The second kappa shape index (κ2) is 9.35. The molecule has 1 saturated heterocycles. The molecule has 35 heavy (non-hydrogen) atoms. The van der Waals surface area contributed by atoms with Crippen LogP contribution in [0.3, 0.4) is 0 Å². The molecular formula is C24H25N5O6. The normalized spacial score (nSPS) is 19.8. The number of H-pyrrole nitrogens is 1. The Labute approximate surface area is 199 Å². The molecule has 0 bridgehead atoms. The largest absolute Gasteiger partial charge is 0.497 e. The van der Waals surface area contributed by atoms with Crippen LogP contribution < -0.4 is 20.7 Å². The van der Waals surface area contributed by atoms with Crippen molar-refractivity contribution in [1.82, 2.24) is 24.5 Å². The molecule has 11 nitrogen and oxygen atoms in total. The number of hydrogen-bond donors (Lipinski definition) is 2. The van der Waals surface area contributed by atoms with Crippen molar-refractivity contribution < 1.29 is 19.3 Å². The van der Waals surface area contributed by atoms with E-state index in [0.717, 1.165) is 16.5 Å². The van der Waals surface area contributed by atoms with Crippen LogP contribution in [0.1, 0.15) is 29.9 Å². The van der Waals surface area contributed by atoms with Crippen molar-refractivity contribution in [2.75, 3.05) is 13.7 Å². The van der Waals surface area contributed by atoms with E-state index in [1.807, 2.05) is 36.4 Å². The first kappa shape index (κ1) is 22.8. The average molecular weight is 479 g/mol. The second-order valence-electron chi connectivity index (χ2n) is 8.45. The Morgan fingerprint density at radius 2 is 1.91 bits per heavy atom. The van der Waals surface area contributed by atoms with Gasteiger partial charge in [0, 0.05) is 18.2 Å². The highest BCUT2D eigenvalue weighted by molar-refractivity contribution is 5.85. The Kier molecular flexibility index (Phi) is 6.10. The number of fused-ring (bicyclic) bond motifs is 1. The molecule has 1 aliphatic rings. The summed E-state index contributed by atoms with van der Waals surface area (Å²) >= 11 is 0. The van der Waals surface area contributed by atoms with Crippen molar-refractivity contribution in [1.29, 1.82) is 0 Å². The number of ether oxygens (including phenoxy) is 3. The molecule has 1 fully saturated rings. The van der Waals surface area contributed by atoms with E-state index >= 15 is 0 Å². The number of aliphatic hydroxyl groups is 1. The smallest absolute Gasteiger partial charge is 0.330 e. The first-order valence-electron chi connectivity index (χ1n) is 11.1. The quantitative estimate of drug-likeness (QED) is 0.409. The van der Waals surface area contributed by atoms with Gasteiger partial charge in [-0.1, -0.05) is 17.3 Å². The molecule has 0 amide bonds. The fraction of sp³-hybridized carbons (Fsp3) is 0.333. The molecule has 0 saturated carbocycles. The first-order valence-corrected chi connectivity index (χ1v) is 11.1. The minimum absolute atomic E-state index is 0.203. The van der Waals surface area contributed by atoms with Crippen LogP contribution in [0.2, 0.25) is 0 Å². The number of aryl methyl sites for hydroxylation is 1. The van der Waals surface area contributed by atoms with Crippen LogP contribution in [0.15, 0.2) is 58.4 Å². The maximum atomic E-state index is 12.3. The van der Waals surface area contributed by atoms with Gasteiger partial charge < -0.3 is 19.3 Å². The van der Waals surface area contributed by atoms with Gasteiger partial charge in [0.2, 0.25) is 0 Å². The fourth-order valence-corrected chi connectivity index (χ4v) is 4.25. The summed E-state index contributed by atoms with van der Waals surface area (Å²) in [6.07, 6.45) is 2.32. The van der Waals surface area contributed by atoms with Crippen LogP contribution >= 0.6 is 0 Å². The molecular weight excluding hydrogens is 454 g/mol. The topological polar surface area (TPSA) is 133 Å². The highest BCUT2D eigenvalue weighted by Crippen LogP contribution is 2.35. The predicted octanol–water partition coefficient (Wildman–Crippen LogP) is 1.70. The van der Waals surface area contributed by atoms with E-state index in [1.165, 1.54) is 10.8 Å². The number of nitrogens with zero attached hydrogens (tertiary/aromatic N) is 4. The van der Waals surface area contributed by atoms with Crippen LogP contribution in [0.25, 0.3) is 10.8 Å².